The molecule has 1 aliphatic heterocycles. The molecule has 0 unspecified atom stereocenters. The Morgan fingerprint density at radius 2 is 1.76 bits per heavy atom. The van der Waals surface area contributed by atoms with Crippen LogP contribution in [0.5, 0.6) is 17.2 Å². The van der Waals surface area contributed by atoms with E-state index in [0.29, 0.717) is 29.2 Å². The number of hydrazone groups is 1. The van der Waals surface area contributed by atoms with Crippen LogP contribution in [0.25, 0.3) is 0 Å². The molecule has 0 N–H and O–H groups in total. The van der Waals surface area contributed by atoms with Crippen LogP contribution in [0.2, 0.25) is 0 Å². The fraction of sp³-hybridized carbons (Fsp3) is 0.321. The van der Waals surface area contributed by atoms with Gasteiger partial charge in [0.2, 0.25) is 0 Å². The summed E-state index contributed by atoms with van der Waals surface area (Å²) in [4.78, 5) is 29.6. The molecular formula is C28H31N3O6S. The highest BCUT2D eigenvalue weighted by Gasteiger charge is 2.35. The highest BCUT2D eigenvalue weighted by Crippen LogP contribution is 2.38. The molecule has 0 aliphatic carbocycles. The summed E-state index contributed by atoms with van der Waals surface area (Å²) in [6, 6.07) is 16.0. The van der Waals surface area contributed by atoms with Crippen molar-refractivity contribution in [3.8, 4) is 17.2 Å². The predicted molar refractivity (Wildman–Crippen MR) is 145 cm³/mol. The molecule has 9 nitrogen and oxygen atoms in total. The topological polar surface area (TPSA) is 89.9 Å². The molecule has 2 heterocycles. The van der Waals surface area contributed by atoms with Crippen molar-refractivity contribution in [2.24, 2.45) is 5.10 Å². The Balaban J connectivity index is 1.62. The van der Waals surface area contributed by atoms with Gasteiger partial charge in [0, 0.05) is 25.6 Å². The molecular weight excluding hydrogens is 506 g/mol. The van der Waals surface area contributed by atoms with Crippen molar-refractivity contribution >= 4 is 28.9 Å². The van der Waals surface area contributed by atoms with E-state index in [2.05, 4.69) is 0 Å². The molecule has 1 aromatic heterocycles. The molecule has 0 spiro atoms. The van der Waals surface area contributed by atoms with E-state index in [1.165, 1.54) is 9.91 Å². The molecule has 200 valence electrons. The van der Waals surface area contributed by atoms with Gasteiger partial charge in [0.15, 0.2) is 11.5 Å². The minimum Gasteiger partial charge on any atom is -0.497 e. The van der Waals surface area contributed by atoms with Crippen LogP contribution in [0.1, 0.15) is 33.3 Å². The summed E-state index contributed by atoms with van der Waals surface area (Å²) < 4.78 is 21.3. The maximum absolute atomic E-state index is 13.7. The number of hydrogen-bond acceptors (Lipinski definition) is 8. The van der Waals surface area contributed by atoms with E-state index in [4.69, 9.17) is 24.0 Å². The largest absolute Gasteiger partial charge is 0.497 e. The minimum atomic E-state index is -0.361. The lowest BCUT2D eigenvalue weighted by Gasteiger charge is -2.27. The number of amides is 2. The Morgan fingerprint density at radius 3 is 2.39 bits per heavy atom. The summed E-state index contributed by atoms with van der Waals surface area (Å²) in [5.41, 5.74) is 2.13. The molecule has 3 aromatic rings. The molecule has 2 aromatic carbocycles. The summed E-state index contributed by atoms with van der Waals surface area (Å²) in [6.45, 7) is 0.390. The van der Waals surface area contributed by atoms with Crippen LogP contribution in [0, 0.1) is 0 Å². The van der Waals surface area contributed by atoms with Crippen LogP contribution >= 0.6 is 11.3 Å². The van der Waals surface area contributed by atoms with Crippen LogP contribution < -0.4 is 14.2 Å². The lowest BCUT2D eigenvalue weighted by Crippen LogP contribution is -2.42. The van der Waals surface area contributed by atoms with Crippen molar-refractivity contribution in [3.05, 3.63) is 76.0 Å². The van der Waals surface area contributed by atoms with E-state index in [0.717, 1.165) is 16.2 Å². The average molecular weight is 538 g/mol. The first kappa shape index (κ1) is 27.2. The molecule has 4 rings (SSSR count). The SMILES string of the molecule is COCCN(CC(=O)N1N=C(c2cccs2)C[C@@H]1c1ccc(OC)c(OC)c1)C(=O)c1ccc(OC)cc1. The Bertz CT molecular complexity index is 1280. The Labute approximate surface area is 226 Å². The van der Waals surface area contributed by atoms with Gasteiger partial charge in [-0.3, -0.25) is 9.59 Å². The smallest absolute Gasteiger partial charge is 0.262 e. The zero-order valence-corrected chi connectivity index (χ0v) is 22.7. The summed E-state index contributed by atoms with van der Waals surface area (Å²) in [7, 11) is 6.28. The van der Waals surface area contributed by atoms with Crippen LogP contribution in [-0.4, -0.2) is 75.6 Å². The van der Waals surface area contributed by atoms with Crippen molar-refractivity contribution in [1.29, 1.82) is 0 Å². The van der Waals surface area contributed by atoms with Crippen LogP contribution in [0.15, 0.2) is 65.1 Å². The second kappa shape index (κ2) is 12.6. The zero-order valence-electron chi connectivity index (χ0n) is 21.9. The summed E-state index contributed by atoms with van der Waals surface area (Å²) in [6.07, 6.45) is 0.534. The highest BCUT2D eigenvalue weighted by atomic mass is 32.1. The van der Waals surface area contributed by atoms with E-state index >= 15 is 0 Å². The van der Waals surface area contributed by atoms with Crippen molar-refractivity contribution in [3.63, 3.8) is 0 Å². The quantitative estimate of drug-likeness (QED) is 0.364. The molecule has 1 aliphatic rings. The van der Waals surface area contributed by atoms with E-state index in [9.17, 15) is 9.59 Å². The number of rotatable bonds is 11. The van der Waals surface area contributed by atoms with Gasteiger partial charge in [-0.25, -0.2) is 5.01 Å². The van der Waals surface area contributed by atoms with Crippen LogP contribution in [0.4, 0.5) is 0 Å². The van der Waals surface area contributed by atoms with Gasteiger partial charge in [0.25, 0.3) is 11.8 Å². The van der Waals surface area contributed by atoms with Crippen LogP contribution in [-0.2, 0) is 9.53 Å². The van der Waals surface area contributed by atoms with E-state index in [-0.39, 0.29) is 37.6 Å². The second-order valence-corrected chi connectivity index (χ2v) is 9.49. The molecule has 0 saturated carbocycles. The first-order chi connectivity index (χ1) is 18.5. The molecule has 10 heteroatoms. The molecule has 0 fully saturated rings. The third-order valence-electron chi connectivity index (χ3n) is 6.28. The van der Waals surface area contributed by atoms with Gasteiger partial charge in [-0.15, -0.1) is 11.3 Å². The van der Waals surface area contributed by atoms with E-state index in [1.807, 2.05) is 35.7 Å². The number of thiophene rings is 1. The third-order valence-corrected chi connectivity index (χ3v) is 7.20. The summed E-state index contributed by atoms with van der Waals surface area (Å²) in [5.74, 6) is 1.24. The van der Waals surface area contributed by atoms with E-state index < -0.39 is 0 Å². The second-order valence-electron chi connectivity index (χ2n) is 8.54. The number of carbonyl (C=O) groups excluding carboxylic acids is 2. The van der Waals surface area contributed by atoms with Gasteiger partial charge >= 0.3 is 0 Å². The number of ether oxygens (including phenoxy) is 4. The van der Waals surface area contributed by atoms with Crippen molar-refractivity contribution in [2.45, 2.75) is 12.5 Å². The summed E-state index contributed by atoms with van der Waals surface area (Å²) >= 11 is 1.57. The van der Waals surface area contributed by atoms with Gasteiger partial charge < -0.3 is 23.8 Å². The van der Waals surface area contributed by atoms with Gasteiger partial charge in [-0.2, -0.15) is 5.10 Å². The number of carbonyl (C=O) groups is 2. The number of nitrogens with zero attached hydrogens (tertiary/aromatic N) is 3. The Kier molecular flexibility index (Phi) is 8.98. The zero-order chi connectivity index (χ0) is 27.1. The monoisotopic (exact) mass is 537 g/mol. The predicted octanol–water partition coefficient (Wildman–Crippen LogP) is 4.24. The molecule has 1 atom stereocenters. The first-order valence-electron chi connectivity index (χ1n) is 12.1. The summed E-state index contributed by atoms with van der Waals surface area (Å²) in [5, 5.41) is 8.19. The molecule has 0 radical (unpaired) electrons. The maximum Gasteiger partial charge on any atom is 0.262 e. The Morgan fingerprint density at radius 1 is 1.00 bits per heavy atom. The Hall–Kier alpha value is -3.89. The lowest BCUT2D eigenvalue weighted by molar-refractivity contribution is -0.133. The molecule has 0 saturated heterocycles. The number of benzene rings is 2. The van der Waals surface area contributed by atoms with Gasteiger partial charge in [-0.1, -0.05) is 12.1 Å². The van der Waals surface area contributed by atoms with E-state index in [1.54, 1.807) is 64.0 Å². The fourth-order valence-electron chi connectivity index (χ4n) is 4.26. The van der Waals surface area contributed by atoms with Crippen LogP contribution in [0.3, 0.4) is 0 Å². The van der Waals surface area contributed by atoms with Gasteiger partial charge in [0.05, 0.1) is 44.6 Å². The first-order valence-corrected chi connectivity index (χ1v) is 12.9. The number of hydrogen-bond donors (Lipinski definition) is 0. The minimum absolute atomic E-state index is 0.154. The molecule has 38 heavy (non-hydrogen) atoms. The number of methoxy groups -OCH3 is 4. The third kappa shape index (κ3) is 5.98. The fourth-order valence-corrected chi connectivity index (χ4v) is 4.98. The highest BCUT2D eigenvalue weighted by molar-refractivity contribution is 7.12. The van der Waals surface area contributed by atoms with Gasteiger partial charge in [0.1, 0.15) is 12.3 Å². The maximum atomic E-state index is 13.7. The molecule has 2 amide bonds. The van der Waals surface area contributed by atoms with Gasteiger partial charge in [-0.05, 0) is 53.4 Å². The normalized spacial score (nSPS) is 14.7. The lowest BCUT2D eigenvalue weighted by atomic mass is 10.0. The van der Waals surface area contributed by atoms with Crippen molar-refractivity contribution in [2.75, 3.05) is 48.1 Å². The molecule has 0 bridgehead atoms. The standard InChI is InChI=1S/C28H31N3O6S/c1-34-14-13-30(28(33)19-7-10-21(35-2)11-8-19)18-27(32)31-23(17-22(29-31)26-6-5-15-38-26)20-9-12-24(36-3)25(16-20)37-4/h5-12,15-16,23H,13-14,17-18H2,1-4H3/t23-/m1/s1. The average Bonchev–Trinajstić information content (AvgIpc) is 3.65. The van der Waals surface area contributed by atoms with Crippen molar-refractivity contribution < 1.29 is 28.5 Å². The van der Waals surface area contributed by atoms with Crippen molar-refractivity contribution in [1.82, 2.24) is 9.91 Å².